The van der Waals surface area contributed by atoms with Crippen molar-refractivity contribution in [1.82, 2.24) is 0 Å². The van der Waals surface area contributed by atoms with Crippen LogP contribution in [0.1, 0.15) is 11.1 Å². The van der Waals surface area contributed by atoms with Crippen molar-refractivity contribution in [2.75, 3.05) is 0 Å². The Hall–Kier alpha value is -1.54. The Morgan fingerprint density at radius 2 is 2.31 bits per heavy atom. The van der Waals surface area contributed by atoms with Crippen LogP contribution in [-0.4, -0.2) is 11.0 Å². The minimum Gasteiger partial charge on any atom is -0.409 e. The van der Waals surface area contributed by atoms with Gasteiger partial charge in [0.05, 0.1) is 5.56 Å². The third-order valence-electron chi connectivity index (χ3n) is 1.49. The van der Waals surface area contributed by atoms with Gasteiger partial charge in [-0.2, -0.15) is 5.26 Å². The largest absolute Gasteiger partial charge is 0.409 e. The molecule has 0 aliphatic rings. The van der Waals surface area contributed by atoms with E-state index in [-0.39, 0.29) is 5.84 Å². The lowest BCUT2D eigenvalue weighted by Gasteiger charge is -1.99. The quantitative estimate of drug-likeness (QED) is 0.337. The molecule has 4 nitrogen and oxygen atoms in total. The predicted octanol–water partition coefficient (Wildman–Crippen LogP) is 1.42. The Bertz CT molecular complexity index is 395. The van der Waals surface area contributed by atoms with Gasteiger partial charge in [-0.25, -0.2) is 0 Å². The molecular weight excluding hydrogens is 234 g/mol. The van der Waals surface area contributed by atoms with Crippen molar-refractivity contribution in [2.24, 2.45) is 10.9 Å². The van der Waals surface area contributed by atoms with Gasteiger partial charge in [0.15, 0.2) is 5.84 Å². The average molecular weight is 240 g/mol. The number of benzene rings is 1. The molecule has 3 N–H and O–H groups in total. The number of hydrogen-bond donors (Lipinski definition) is 2. The maximum Gasteiger partial charge on any atom is 0.170 e. The van der Waals surface area contributed by atoms with E-state index >= 15 is 0 Å². The van der Waals surface area contributed by atoms with Gasteiger partial charge in [-0.05, 0) is 34.1 Å². The van der Waals surface area contributed by atoms with Gasteiger partial charge in [-0.1, -0.05) is 5.16 Å². The first-order valence-electron chi connectivity index (χ1n) is 3.36. The lowest BCUT2D eigenvalue weighted by Crippen LogP contribution is -2.13. The molecule has 0 heterocycles. The van der Waals surface area contributed by atoms with Crippen LogP contribution in [0.4, 0.5) is 0 Å². The highest BCUT2D eigenvalue weighted by molar-refractivity contribution is 9.10. The molecule has 0 atom stereocenters. The summed E-state index contributed by atoms with van der Waals surface area (Å²) in [5, 5.41) is 19.9. The molecule has 0 aliphatic heterocycles. The first kappa shape index (κ1) is 9.55. The van der Waals surface area contributed by atoms with Crippen LogP contribution < -0.4 is 5.73 Å². The van der Waals surface area contributed by atoms with E-state index in [4.69, 9.17) is 16.2 Å². The van der Waals surface area contributed by atoms with Crippen molar-refractivity contribution in [3.63, 3.8) is 0 Å². The average Bonchev–Trinajstić information content (AvgIpc) is 2.17. The van der Waals surface area contributed by atoms with Gasteiger partial charge in [-0.15, -0.1) is 0 Å². The van der Waals surface area contributed by atoms with E-state index in [1.54, 1.807) is 18.2 Å². The van der Waals surface area contributed by atoms with Crippen molar-refractivity contribution in [3.8, 4) is 6.07 Å². The smallest absolute Gasteiger partial charge is 0.170 e. The summed E-state index contributed by atoms with van der Waals surface area (Å²) in [6, 6.07) is 6.84. The summed E-state index contributed by atoms with van der Waals surface area (Å²) in [6.45, 7) is 0. The number of rotatable bonds is 1. The molecule has 0 aliphatic carbocycles. The molecule has 1 aromatic carbocycles. The summed E-state index contributed by atoms with van der Waals surface area (Å²) >= 11 is 3.20. The third kappa shape index (κ3) is 1.98. The number of amidine groups is 1. The Labute approximate surface area is 83.4 Å². The molecule has 0 aromatic heterocycles. The van der Waals surface area contributed by atoms with Crippen LogP contribution in [0.15, 0.2) is 27.8 Å². The van der Waals surface area contributed by atoms with Crippen LogP contribution in [-0.2, 0) is 0 Å². The molecule has 0 saturated heterocycles. The normalized spacial score (nSPS) is 10.9. The second-order valence-electron chi connectivity index (χ2n) is 2.29. The fourth-order valence-corrected chi connectivity index (χ4v) is 1.16. The minimum atomic E-state index is -0.0102. The molecule has 0 fully saturated rings. The first-order chi connectivity index (χ1) is 6.19. The van der Waals surface area contributed by atoms with Crippen LogP contribution in [0.3, 0.4) is 0 Å². The van der Waals surface area contributed by atoms with Gasteiger partial charge in [0.25, 0.3) is 0 Å². The standard InChI is InChI=1S/C8H6BrN3O/c9-7-2-1-5(8(11)12-13)3-6(7)4-10/h1-3,13H,(H2,11,12). The zero-order valence-corrected chi connectivity index (χ0v) is 8.12. The monoisotopic (exact) mass is 239 g/mol. The molecule has 0 spiro atoms. The molecule has 1 aromatic rings. The van der Waals surface area contributed by atoms with Gasteiger partial charge in [-0.3, -0.25) is 0 Å². The topological polar surface area (TPSA) is 82.4 Å². The van der Waals surface area contributed by atoms with Crippen LogP contribution in [0.2, 0.25) is 0 Å². The zero-order valence-electron chi connectivity index (χ0n) is 6.53. The summed E-state index contributed by atoms with van der Waals surface area (Å²) in [5.74, 6) is -0.0102. The highest BCUT2D eigenvalue weighted by Crippen LogP contribution is 2.16. The Morgan fingerprint density at radius 3 is 2.85 bits per heavy atom. The lowest BCUT2D eigenvalue weighted by atomic mass is 10.1. The number of nitrogens with two attached hydrogens (primary N) is 1. The lowest BCUT2D eigenvalue weighted by molar-refractivity contribution is 0.318. The number of nitriles is 1. The van der Waals surface area contributed by atoms with Crippen molar-refractivity contribution >= 4 is 21.8 Å². The summed E-state index contributed by atoms with van der Waals surface area (Å²) < 4.78 is 0.685. The molecule has 1 rings (SSSR count). The van der Waals surface area contributed by atoms with E-state index in [9.17, 15) is 0 Å². The second-order valence-corrected chi connectivity index (χ2v) is 3.15. The molecule has 0 bridgehead atoms. The van der Waals surface area contributed by atoms with Crippen molar-refractivity contribution in [2.45, 2.75) is 0 Å². The second kappa shape index (κ2) is 3.92. The van der Waals surface area contributed by atoms with Gasteiger partial charge in [0, 0.05) is 10.0 Å². The maximum atomic E-state index is 8.67. The van der Waals surface area contributed by atoms with E-state index in [1.807, 2.05) is 6.07 Å². The predicted molar refractivity (Wildman–Crippen MR) is 51.4 cm³/mol. The van der Waals surface area contributed by atoms with Crippen LogP contribution in [0.5, 0.6) is 0 Å². The van der Waals surface area contributed by atoms with Crippen LogP contribution >= 0.6 is 15.9 Å². The van der Waals surface area contributed by atoms with E-state index in [0.29, 0.717) is 15.6 Å². The molecule has 5 heteroatoms. The van der Waals surface area contributed by atoms with E-state index in [1.165, 1.54) is 0 Å². The molecule has 0 radical (unpaired) electrons. The van der Waals surface area contributed by atoms with Crippen LogP contribution in [0.25, 0.3) is 0 Å². The molecule has 13 heavy (non-hydrogen) atoms. The molecule has 0 saturated carbocycles. The molecule has 0 unspecified atom stereocenters. The van der Waals surface area contributed by atoms with Gasteiger partial charge >= 0.3 is 0 Å². The van der Waals surface area contributed by atoms with Crippen molar-refractivity contribution in [1.29, 1.82) is 5.26 Å². The van der Waals surface area contributed by atoms with Gasteiger partial charge in [0.2, 0.25) is 0 Å². The number of nitrogens with zero attached hydrogens (tertiary/aromatic N) is 2. The van der Waals surface area contributed by atoms with Crippen molar-refractivity contribution < 1.29 is 5.21 Å². The van der Waals surface area contributed by atoms with E-state index in [2.05, 4.69) is 21.1 Å². The Balaban J connectivity index is 3.23. The number of oxime groups is 1. The SMILES string of the molecule is N#Cc1cc(C(N)=NO)ccc1Br. The highest BCUT2D eigenvalue weighted by atomic mass is 79.9. The first-order valence-corrected chi connectivity index (χ1v) is 4.16. The fourth-order valence-electron chi connectivity index (χ4n) is 0.828. The summed E-state index contributed by atoms with van der Waals surface area (Å²) in [7, 11) is 0. The molecular formula is C8H6BrN3O. The highest BCUT2D eigenvalue weighted by Gasteiger charge is 2.03. The van der Waals surface area contributed by atoms with E-state index in [0.717, 1.165) is 0 Å². The van der Waals surface area contributed by atoms with Crippen molar-refractivity contribution in [3.05, 3.63) is 33.8 Å². The van der Waals surface area contributed by atoms with E-state index < -0.39 is 0 Å². The Kier molecular flexibility index (Phi) is 2.88. The maximum absolute atomic E-state index is 8.67. The summed E-state index contributed by atoms with van der Waals surface area (Å²) in [5.41, 5.74) is 6.31. The third-order valence-corrected chi connectivity index (χ3v) is 2.18. The summed E-state index contributed by atoms with van der Waals surface area (Å²) in [4.78, 5) is 0. The zero-order chi connectivity index (χ0) is 9.84. The number of halogens is 1. The Morgan fingerprint density at radius 1 is 1.62 bits per heavy atom. The van der Waals surface area contributed by atoms with Crippen LogP contribution in [0, 0.1) is 11.3 Å². The molecule has 66 valence electrons. The number of hydrogen-bond acceptors (Lipinski definition) is 3. The van der Waals surface area contributed by atoms with Gasteiger partial charge < -0.3 is 10.9 Å². The summed E-state index contributed by atoms with van der Waals surface area (Å²) in [6.07, 6.45) is 0. The van der Waals surface area contributed by atoms with Gasteiger partial charge in [0.1, 0.15) is 6.07 Å². The fraction of sp³-hybridized carbons (Fsp3) is 0. The minimum absolute atomic E-state index is 0.0102. The molecule has 0 amide bonds.